The zero-order valence-electron chi connectivity index (χ0n) is 24.2. The summed E-state index contributed by atoms with van der Waals surface area (Å²) < 4.78 is 37.1. The van der Waals surface area contributed by atoms with Crippen LogP contribution >= 0.6 is 0 Å². The van der Waals surface area contributed by atoms with Gasteiger partial charge in [-0.15, -0.1) is 0 Å². The molecule has 0 aliphatic heterocycles. The van der Waals surface area contributed by atoms with Crippen LogP contribution in [-0.4, -0.2) is 29.4 Å². The van der Waals surface area contributed by atoms with Crippen molar-refractivity contribution in [3.05, 3.63) is 82.6 Å². The van der Waals surface area contributed by atoms with Crippen molar-refractivity contribution in [2.24, 2.45) is 5.92 Å². The first-order valence-corrected chi connectivity index (χ1v) is 15.9. The minimum atomic E-state index is -3.93. The molecule has 5 rings (SSSR count). The molecule has 216 valence electrons. The number of carbonyl (C=O) groups excluding carboxylic acids is 1. The van der Waals surface area contributed by atoms with E-state index in [0.717, 1.165) is 67.2 Å². The highest BCUT2D eigenvalue weighted by Gasteiger charge is 2.28. The van der Waals surface area contributed by atoms with Crippen LogP contribution in [-0.2, 0) is 34.2 Å². The van der Waals surface area contributed by atoms with Crippen molar-refractivity contribution < 1.29 is 17.7 Å². The Morgan fingerprint density at radius 2 is 1.95 bits per heavy atom. The Kier molecular flexibility index (Phi) is 8.45. The van der Waals surface area contributed by atoms with E-state index < -0.39 is 10.0 Å². The molecule has 2 aromatic heterocycles. The molecule has 0 saturated heterocycles. The second-order valence-corrected chi connectivity index (χ2v) is 12.8. The average molecular weight is 575 g/mol. The number of rotatable bonds is 10. The third kappa shape index (κ3) is 5.86. The van der Waals surface area contributed by atoms with Gasteiger partial charge in [0.1, 0.15) is 12.0 Å². The highest BCUT2D eigenvalue weighted by molar-refractivity contribution is 7.92. The Hall–Kier alpha value is -3.72. The van der Waals surface area contributed by atoms with E-state index >= 15 is 0 Å². The van der Waals surface area contributed by atoms with E-state index in [-0.39, 0.29) is 22.5 Å². The first-order valence-electron chi connectivity index (χ1n) is 14.4. The number of aromatic nitrogens is 3. The largest absolute Gasteiger partial charge is 0.359 e. The molecule has 2 heterocycles. The number of carbonyl (C=O) groups is 1. The number of fused-ring (bicyclic) bond motifs is 1. The number of nitrogens with zero attached hydrogens (tertiary/aromatic N) is 3. The number of aldehydes is 1. The molecular weight excluding hydrogens is 536 g/mol. The Morgan fingerprint density at radius 3 is 2.68 bits per heavy atom. The van der Waals surface area contributed by atoms with Crippen molar-refractivity contribution in [3.8, 4) is 11.1 Å². The first-order chi connectivity index (χ1) is 19.7. The Bertz CT molecular complexity index is 1650. The van der Waals surface area contributed by atoms with Crippen molar-refractivity contribution in [3.63, 3.8) is 0 Å². The molecule has 0 radical (unpaired) electrons. The summed E-state index contributed by atoms with van der Waals surface area (Å²) in [5.74, 6) is 0.877. The van der Waals surface area contributed by atoms with Crippen molar-refractivity contribution in [1.82, 2.24) is 14.7 Å². The van der Waals surface area contributed by atoms with Gasteiger partial charge >= 0.3 is 0 Å². The highest BCUT2D eigenvalue weighted by atomic mass is 32.2. The number of hydrogen-bond donors (Lipinski definition) is 1. The van der Waals surface area contributed by atoms with Gasteiger partial charge in [0.2, 0.25) is 0 Å². The number of nitrogens with one attached hydrogen (secondary N) is 1. The number of imidazole rings is 1. The van der Waals surface area contributed by atoms with E-state index in [9.17, 15) is 13.2 Å². The van der Waals surface area contributed by atoms with Crippen LogP contribution in [0, 0.1) is 19.8 Å². The van der Waals surface area contributed by atoms with Crippen LogP contribution in [0.15, 0.2) is 58.2 Å². The maximum Gasteiger partial charge on any atom is 0.263 e. The highest BCUT2D eigenvalue weighted by Crippen LogP contribution is 2.36. The molecule has 41 heavy (non-hydrogen) atoms. The third-order valence-electron chi connectivity index (χ3n) is 8.23. The van der Waals surface area contributed by atoms with Crippen LogP contribution in [0.25, 0.3) is 11.1 Å². The summed E-state index contributed by atoms with van der Waals surface area (Å²) >= 11 is 0. The maximum absolute atomic E-state index is 13.6. The van der Waals surface area contributed by atoms with Crippen LogP contribution < -0.4 is 4.72 Å². The Balaban J connectivity index is 1.51. The molecule has 0 amide bonds. The molecule has 8 nitrogen and oxygen atoms in total. The van der Waals surface area contributed by atoms with Crippen LogP contribution in [0.4, 0.5) is 5.82 Å². The second-order valence-electron chi connectivity index (χ2n) is 11.1. The number of sulfonamides is 1. The zero-order valence-corrected chi connectivity index (χ0v) is 25.0. The summed E-state index contributed by atoms with van der Waals surface area (Å²) in [6, 6.07) is 13.3. The van der Waals surface area contributed by atoms with E-state index in [1.807, 2.05) is 31.5 Å². The predicted octanol–water partition coefficient (Wildman–Crippen LogP) is 6.60. The predicted molar refractivity (Wildman–Crippen MR) is 160 cm³/mol. The molecule has 0 saturated carbocycles. The van der Waals surface area contributed by atoms with E-state index in [1.54, 1.807) is 26.0 Å². The molecule has 2 aromatic carbocycles. The molecule has 0 bridgehead atoms. The normalized spacial score (nSPS) is 16.1. The molecule has 2 unspecified atom stereocenters. The van der Waals surface area contributed by atoms with Crippen molar-refractivity contribution in [1.29, 1.82) is 0 Å². The standard InChI is InChI=1S/C32H38N4O4S/c1-5-10-25-17-24(18-36-20-33-29-13-8-6-11-26(31(29)36)21(2)19-37)15-16-27(25)28-12-7-9-14-30(28)41(38,39)35-32-22(3)23(4)40-34-32/h7,9,12,14-17,19-21,26H,5-6,8,10-11,13,18H2,1-4H3,(H,34,35). The lowest BCUT2D eigenvalue weighted by Crippen LogP contribution is -2.17. The summed E-state index contributed by atoms with van der Waals surface area (Å²) in [7, 11) is -3.93. The van der Waals surface area contributed by atoms with Crippen LogP contribution in [0.5, 0.6) is 0 Å². The smallest absolute Gasteiger partial charge is 0.263 e. The van der Waals surface area contributed by atoms with E-state index in [1.165, 1.54) is 5.69 Å². The van der Waals surface area contributed by atoms with Crippen LogP contribution in [0.2, 0.25) is 0 Å². The fraction of sp³-hybridized carbons (Fsp3) is 0.406. The molecule has 9 heteroatoms. The topological polar surface area (TPSA) is 107 Å². The van der Waals surface area contributed by atoms with Gasteiger partial charge in [0.05, 0.1) is 16.9 Å². The lowest BCUT2D eigenvalue weighted by molar-refractivity contribution is -0.111. The lowest BCUT2D eigenvalue weighted by atomic mass is 9.88. The quantitative estimate of drug-likeness (QED) is 0.169. The van der Waals surface area contributed by atoms with Gasteiger partial charge in [-0.1, -0.05) is 68.2 Å². The minimum Gasteiger partial charge on any atom is -0.359 e. The monoisotopic (exact) mass is 574 g/mol. The molecule has 0 spiro atoms. The van der Waals surface area contributed by atoms with Crippen molar-refractivity contribution in [2.45, 2.75) is 83.6 Å². The first kappa shape index (κ1) is 28.8. The van der Waals surface area contributed by atoms with Gasteiger partial charge < -0.3 is 13.9 Å². The summed E-state index contributed by atoms with van der Waals surface area (Å²) in [5.41, 5.74) is 6.69. The maximum atomic E-state index is 13.6. The van der Waals surface area contributed by atoms with E-state index in [2.05, 4.69) is 33.5 Å². The van der Waals surface area contributed by atoms with Gasteiger partial charge in [0.25, 0.3) is 10.0 Å². The molecule has 1 aliphatic carbocycles. The van der Waals surface area contributed by atoms with Gasteiger partial charge in [-0.2, -0.15) is 0 Å². The van der Waals surface area contributed by atoms with Crippen molar-refractivity contribution in [2.75, 3.05) is 4.72 Å². The van der Waals surface area contributed by atoms with Gasteiger partial charge in [-0.05, 0) is 62.3 Å². The van der Waals surface area contributed by atoms with Gasteiger partial charge in [0.15, 0.2) is 5.82 Å². The summed E-state index contributed by atoms with van der Waals surface area (Å²) in [6.07, 6.45) is 8.82. The van der Waals surface area contributed by atoms with Crippen LogP contribution in [0.3, 0.4) is 0 Å². The number of aryl methyl sites for hydroxylation is 3. The van der Waals surface area contributed by atoms with Gasteiger partial charge in [-0.25, -0.2) is 13.4 Å². The van der Waals surface area contributed by atoms with E-state index in [4.69, 9.17) is 9.51 Å². The molecule has 1 aliphatic rings. The summed E-state index contributed by atoms with van der Waals surface area (Å²) in [5, 5.41) is 3.89. The zero-order chi connectivity index (χ0) is 29.1. The Labute approximate surface area is 242 Å². The summed E-state index contributed by atoms with van der Waals surface area (Å²) in [6.45, 7) is 8.29. The third-order valence-corrected chi connectivity index (χ3v) is 9.63. The number of benzene rings is 2. The van der Waals surface area contributed by atoms with Gasteiger partial charge in [0, 0.05) is 35.2 Å². The second kappa shape index (κ2) is 12.0. The SMILES string of the molecule is CCCc1cc(Cn2cnc3c2C(C(C)C=O)CCCC3)ccc1-c1ccccc1S(=O)(=O)Nc1noc(C)c1C. The minimum absolute atomic E-state index is 0.0580. The van der Waals surface area contributed by atoms with Gasteiger partial charge in [-0.3, -0.25) is 4.72 Å². The van der Waals surface area contributed by atoms with Crippen molar-refractivity contribution >= 4 is 22.1 Å². The lowest BCUT2D eigenvalue weighted by Gasteiger charge is -2.22. The van der Waals surface area contributed by atoms with Crippen LogP contribution in [0.1, 0.15) is 79.3 Å². The molecule has 1 N–H and O–H groups in total. The number of anilines is 1. The molecule has 0 fully saturated rings. The fourth-order valence-electron chi connectivity index (χ4n) is 5.88. The van der Waals surface area contributed by atoms with E-state index in [0.29, 0.717) is 23.4 Å². The Morgan fingerprint density at radius 1 is 1.15 bits per heavy atom. The molecular formula is C32H38N4O4S. The average Bonchev–Trinajstić information content (AvgIpc) is 3.41. The number of hydrogen-bond acceptors (Lipinski definition) is 6. The fourth-order valence-corrected chi connectivity index (χ4v) is 7.16. The molecule has 4 aromatic rings. The summed E-state index contributed by atoms with van der Waals surface area (Å²) in [4.78, 5) is 16.7. The molecule has 2 atom stereocenters.